The van der Waals surface area contributed by atoms with E-state index in [0.29, 0.717) is 6.04 Å². The molecule has 1 aliphatic rings. The van der Waals surface area contributed by atoms with Gasteiger partial charge in [-0.1, -0.05) is 19.8 Å². The van der Waals surface area contributed by atoms with Crippen molar-refractivity contribution in [3.05, 3.63) is 0 Å². The van der Waals surface area contributed by atoms with Crippen molar-refractivity contribution in [3.63, 3.8) is 0 Å². The summed E-state index contributed by atoms with van der Waals surface area (Å²) in [6.45, 7) is 7.34. The average molecular weight is 209 g/mol. The van der Waals surface area contributed by atoms with E-state index in [-0.39, 0.29) is 11.6 Å². The summed E-state index contributed by atoms with van der Waals surface area (Å²) >= 11 is 0. The highest BCUT2D eigenvalue weighted by atomic mass is 16.5. The fraction of sp³-hybridized carbons (Fsp3) is 0.846. The van der Waals surface area contributed by atoms with Gasteiger partial charge >= 0.3 is 0 Å². The molecule has 1 saturated heterocycles. The largest absolute Gasteiger partial charge is 0.375 e. The molecular weight excluding hydrogens is 186 g/mol. The second-order valence-corrected chi connectivity index (χ2v) is 4.64. The lowest BCUT2D eigenvalue weighted by atomic mass is 9.89. The number of nitrogens with one attached hydrogen (secondary N) is 1. The molecule has 0 aromatic rings. The van der Waals surface area contributed by atoms with Gasteiger partial charge in [-0.25, -0.2) is 0 Å². The van der Waals surface area contributed by atoms with E-state index >= 15 is 0 Å². The Bertz CT molecular complexity index is 233. The van der Waals surface area contributed by atoms with E-state index < -0.39 is 0 Å². The molecule has 0 amide bonds. The highest BCUT2D eigenvalue weighted by Gasteiger charge is 2.31. The third-order valence-corrected chi connectivity index (χ3v) is 3.39. The average Bonchev–Trinajstić information content (AvgIpc) is 2.26. The molecule has 3 unspecified atom stereocenters. The smallest absolute Gasteiger partial charge is 0.0686 e. The monoisotopic (exact) mass is 209 g/mol. The van der Waals surface area contributed by atoms with Crippen LogP contribution in [0.4, 0.5) is 0 Å². The summed E-state index contributed by atoms with van der Waals surface area (Å²) in [7, 11) is 0. The number of rotatable bonds is 4. The first kappa shape index (κ1) is 12.5. The highest BCUT2D eigenvalue weighted by molar-refractivity contribution is 5.00. The molecule has 3 atom stereocenters. The minimum atomic E-state index is 0.0445. The van der Waals surface area contributed by atoms with Gasteiger partial charge in [0.15, 0.2) is 0 Å². The Balaban J connectivity index is 2.47. The minimum absolute atomic E-state index is 0.0445. The molecule has 2 heteroatoms. The van der Waals surface area contributed by atoms with Crippen LogP contribution in [0.3, 0.4) is 0 Å². The fourth-order valence-corrected chi connectivity index (χ4v) is 2.09. The summed E-state index contributed by atoms with van der Waals surface area (Å²) in [4.78, 5) is 0. The first-order valence-electron chi connectivity index (χ1n) is 5.99. The molecule has 1 rings (SSSR count). The van der Waals surface area contributed by atoms with Crippen molar-refractivity contribution in [2.45, 2.75) is 64.1 Å². The van der Waals surface area contributed by atoms with Gasteiger partial charge in [-0.15, -0.1) is 6.42 Å². The molecule has 0 aromatic carbocycles. The van der Waals surface area contributed by atoms with Gasteiger partial charge in [0.2, 0.25) is 0 Å². The van der Waals surface area contributed by atoms with Crippen molar-refractivity contribution in [1.29, 1.82) is 0 Å². The Morgan fingerprint density at radius 3 is 2.87 bits per heavy atom. The van der Waals surface area contributed by atoms with E-state index in [1.165, 1.54) is 0 Å². The summed E-state index contributed by atoms with van der Waals surface area (Å²) in [6.07, 6.45) is 9.67. The summed E-state index contributed by atoms with van der Waals surface area (Å²) < 4.78 is 5.80. The Morgan fingerprint density at radius 2 is 2.33 bits per heavy atom. The zero-order valence-electron chi connectivity index (χ0n) is 10.2. The molecule has 0 spiro atoms. The molecule has 1 aliphatic heterocycles. The Hall–Kier alpha value is -0.520. The maximum atomic E-state index is 5.80. The summed E-state index contributed by atoms with van der Waals surface area (Å²) in [5.74, 6) is 2.79. The molecule has 0 radical (unpaired) electrons. The van der Waals surface area contributed by atoms with E-state index in [0.717, 1.165) is 32.3 Å². The zero-order chi connectivity index (χ0) is 11.3. The second-order valence-electron chi connectivity index (χ2n) is 4.64. The van der Waals surface area contributed by atoms with Crippen LogP contribution >= 0.6 is 0 Å². The molecule has 0 bridgehead atoms. The van der Waals surface area contributed by atoms with Gasteiger partial charge in [-0.05, 0) is 32.6 Å². The molecule has 0 saturated carbocycles. The molecule has 0 aliphatic carbocycles. The van der Waals surface area contributed by atoms with E-state index in [1.807, 2.05) is 0 Å². The number of terminal acetylenes is 1. The van der Waals surface area contributed by atoms with Crippen molar-refractivity contribution in [2.75, 3.05) is 6.61 Å². The predicted molar refractivity (Wildman–Crippen MR) is 63.7 cm³/mol. The van der Waals surface area contributed by atoms with Crippen LogP contribution in [0.25, 0.3) is 0 Å². The molecule has 1 N–H and O–H groups in total. The van der Waals surface area contributed by atoms with E-state index in [2.05, 4.69) is 32.0 Å². The Morgan fingerprint density at radius 1 is 1.60 bits per heavy atom. The number of hydrogen-bond acceptors (Lipinski definition) is 2. The highest BCUT2D eigenvalue weighted by Crippen LogP contribution is 2.27. The van der Waals surface area contributed by atoms with Crippen LogP contribution in [0.5, 0.6) is 0 Å². The normalized spacial score (nSPS) is 33.3. The van der Waals surface area contributed by atoms with Gasteiger partial charge in [0.1, 0.15) is 0 Å². The first-order valence-corrected chi connectivity index (χ1v) is 5.99. The molecule has 86 valence electrons. The number of hydrogen-bond donors (Lipinski definition) is 1. The standard InChI is InChI=1S/C13H23NO/c1-5-11(6-2)14-12-8-9-15-13(4,7-3)10-12/h1,11-12,14H,6-10H2,2-4H3. The van der Waals surface area contributed by atoms with Crippen molar-refractivity contribution in [2.24, 2.45) is 0 Å². The van der Waals surface area contributed by atoms with Crippen LogP contribution < -0.4 is 5.32 Å². The topological polar surface area (TPSA) is 21.3 Å². The maximum Gasteiger partial charge on any atom is 0.0686 e. The SMILES string of the molecule is C#CC(CC)NC1CCOC(C)(CC)C1. The molecule has 0 aromatic heterocycles. The molecule has 1 heterocycles. The van der Waals surface area contributed by atoms with Crippen molar-refractivity contribution in [3.8, 4) is 12.3 Å². The van der Waals surface area contributed by atoms with Crippen LogP contribution in [0, 0.1) is 12.3 Å². The molecule has 1 fully saturated rings. The molecular formula is C13H23NO. The van der Waals surface area contributed by atoms with E-state index in [4.69, 9.17) is 11.2 Å². The quantitative estimate of drug-likeness (QED) is 0.718. The number of ether oxygens (including phenoxy) is 1. The van der Waals surface area contributed by atoms with Crippen molar-refractivity contribution in [1.82, 2.24) is 5.32 Å². The van der Waals surface area contributed by atoms with Gasteiger partial charge in [-0.3, -0.25) is 0 Å². The van der Waals surface area contributed by atoms with Crippen LogP contribution in [0.15, 0.2) is 0 Å². The van der Waals surface area contributed by atoms with Gasteiger partial charge < -0.3 is 10.1 Å². The van der Waals surface area contributed by atoms with Crippen LogP contribution in [0.2, 0.25) is 0 Å². The summed E-state index contributed by atoms with van der Waals surface area (Å²) in [5, 5.41) is 3.53. The van der Waals surface area contributed by atoms with Gasteiger partial charge in [0.25, 0.3) is 0 Å². The van der Waals surface area contributed by atoms with E-state index in [9.17, 15) is 0 Å². The predicted octanol–water partition coefficient (Wildman–Crippen LogP) is 2.34. The minimum Gasteiger partial charge on any atom is -0.375 e. The Kier molecular flexibility index (Phi) is 4.63. The fourth-order valence-electron chi connectivity index (χ4n) is 2.09. The van der Waals surface area contributed by atoms with Gasteiger partial charge in [0.05, 0.1) is 11.6 Å². The third-order valence-electron chi connectivity index (χ3n) is 3.39. The third kappa shape index (κ3) is 3.52. The zero-order valence-corrected chi connectivity index (χ0v) is 10.2. The molecule has 2 nitrogen and oxygen atoms in total. The van der Waals surface area contributed by atoms with Crippen LogP contribution in [-0.4, -0.2) is 24.3 Å². The van der Waals surface area contributed by atoms with Gasteiger partial charge in [0, 0.05) is 12.6 Å². The molecule has 15 heavy (non-hydrogen) atoms. The lowest BCUT2D eigenvalue weighted by Crippen LogP contribution is -2.47. The Labute approximate surface area is 93.8 Å². The van der Waals surface area contributed by atoms with Crippen LogP contribution in [-0.2, 0) is 4.74 Å². The maximum absolute atomic E-state index is 5.80. The first-order chi connectivity index (χ1) is 7.13. The van der Waals surface area contributed by atoms with Crippen molar-refractivity contribution < 1.29 is 4.74 Å². The van der Waals surface area contributed by atoms with E-state index in [1.54, 1.807) is 0 Å². The summed E-state index contributed by atoms with van der Waals surface area (Å²) in [5.41, 5.74) is 0.0445. The lowest BCUT2D eigenvalue weighted by molar-refractivity contribution is -0.0785. The van der Waals surface area contributed by atoms with Crippen LogP contribution in [0.1, 0.15) is 46.5 Å². The lowest BCUT2D eigenvalue weighted by Gasteiger charge is -2.38. The van der Waals surface area contributed by atoms with Crippen molar-refractivity contribution >= 4 is 0 Å². The van der Waals surface area contributed by atoms with Gasteiger partial charge in [-0.2, -0.15) is 0 Å². The summed E-state index contributed by atoms with van der Waals surface area (Å²) in [6, 6.07) is 0.735. The second kappa shape index (κ2) is 5.53.